The number of hydrogen-bond donors (Lipinski definition) is 1. The Morgan fingerprint density at radius 1 is 0.754 bits per heavy atom. The lowest BCUT2D eigenvalue weighted by molar-refractivity contribution is -0.379. The van der Waals surface area contributed by atoms with Gasteiger partial charge in [0.15, 0.2) is 20.9 Å². The number of fused-ring (bicyclic) bond motifs is 2. The normalized spacial score (nSPS) is 30.5. The smallest absolute Gasteiger partial charge is 0.262 e. The number of carbonyl (C=O) groups is 2. The Morgan fingerprint density at radius 3 is 1.93 bits per heavy atom. The molecule has 4 aromatic carbocycles. The van der Waals surface area contributed by atoms with Crippen LogP contribution in [0.25, 0.3) is 0 Å². The second-order valence-electron chi connectivity index (χ2n) is 17.5. The van der Waals surface area contributed by atoms with Crippen molar-refractivity contribution in [2.75, 3.05) is 13.2 Å². The highest BCUT2D eigenvalue weighted by Gasteiger charge is 2.59. The zero-order chi connectivity index (χ0) is 42.9. The van der Waals surface area contributed by atoms with Crippen LogP contribution in [0.2, 0.25) is 18.1 Å². The fraction of sp³-hybridized carbons (Fsp3) is 0.447. The Kier molecular flexibility index (Phi) is 13.0. The molecule has 0 bridgehead atoms. The number of benzene rings is 4. The van der Waals surface area contributed by atoms with Gasteiger partial charge in [-0.1, -0.05) is 124 Å². The van der Waals surface area contributed by atoms with Crippen LogP contribution in [-0.2, 0) is 50.8 Å². The van der Waals surface area contributed by atoms with E-state index in [2.05, 4.69) is 33.9 Å². The fourth-order valence-corrected chi connectivity index (χ4v) is 9.32. The first-order valence-corrected chi connectivity index (χ1v) is 23.7. The molecule has 4 heterocycles. The van der Waals surface area contributed by atoms with Crippen molar-refractivity contribution in [3.63, 3.8) is 0 Å². The summed E-state index contributed by atoms with van der Waals surface area (Å²) in [5.41, 5.74) is 2.71. The minimum absolute atomic E-state index is 0.0339. The third-order valence-electron chi connectivity index (χ3n) is 12.3. The summed E-state index contributed by atoms with van der Waals surface area (Å²) in [6.45, 7) is 10.5. The molecule has 0 radical (unpaired) electrons. The molecule has 1 N–H and O–H groups in total. The highest BCUT2D eigenvalue weighted by atomic mass is 28.4. The van der Waals surface area contributed by atoms with Crippen LogP contribution in [0, 0.1) is 0 Å². The molecule has 4 aromatic rings. The van der Waals surface area contributed by atoms with Gasteiger partial charge < -0.3 is 42.7 Å². The van der Waals surface area contributed by atoms with E-state index in [1.54, 1.807) is 12.1 Å². The first-order chi connectivity index (χ1) is 29.3. The summed E-state index contributed by atoms with van der Waals surface area (Å²) in [6.07, 6.45) is -12.0. The molecule has 2 amide bonds. The number of nitrogens with zero attached hydrogens (tertiary/aromatic N) is 1. The summed E-state index contributed by atoms with van der Waals surface area (Å²) in [7, 11) is -2.60. The number of imide groups is 1. The Balaban J connectivity index is 1.15. The molecule has 8 rings (SSSR count). The SMILES string of the molecule is CC(C)(C)[Si](C)(C)O[C@@H]1[C@H](O)[C@H](O[C@H]2[C@H](OCc3ccccc3)[C@@H](N3C(=O)c4ccccc4C3=O)[C@H](F)O[C@@H]2COCc2ccccc2)O[C@@H]2CO[C@@H](c3ccccc3)O[C@@H]12. The van der Waals surface area contributed by atoms with Crippen molar-refractivity contribution in [1.29, 1.82) is 0 Å². The second-order valence-corrected chi connectivity index (χ2v) is 22.2. The predicted molar refractivity (Wildman–Crippen MR) is 223 cm³/mol. The zero-order valence-electron chi connectivity index (χ0n) is 35.0. The van der Waals surface area contributed by atoms with Gasteiger partial charge in [-0.3, -0.25) is 14.5 Å². The Morgan fingerprint density at radius 2 is 1.33 bits per heavy atom. The van der Waals surface area contributed by atoms with Crippen molar-refractivity contribution < 1.29 is 56.7 Å². The van der Waals surface area contributed by atoms with Crippen molar-refractivity contribution >= 4 is 20.1 Å². The minimum atomic E-state index is -2.60. The number of amides is 2. The van der Waals surface area contributed by atoms with Crippen LogP contribution in [0.15, 0.2) is 115 Å². The molecule has 61 heavy (non-hydrogen) atoms. The van der Waals surface area contributed by atoms with Gasteiger partial charge in [0.2, 0.25) is 6.36 Å². The van der Waals surface area contributed by atoms with E-state index in [1.807, 2.05) is 91.0 Å². The second kappa shape index (κ2) is 18.3. The van der Waals surface area contributed by atoms with Gasteiger partial charge in [0.05, 0.1) is 37.6 Å². The molecule has 0 aromatic heterocycles. The molecule has 4 aliphatic rings. The number of aliphatic hydroxyl groups is 1. The van der Waals surface area contributed by atoms with Gasteiger partial charge in [0.25, 0.3) is 11.8 Å². The van der Waals surface area contributed by atoms with Crippen LogP contribution in [0.5, 0.6) is 0 Å². The summed E-state index contributed by atoms with van der Waals surface area (Å²) >= 11 is 0. The van der Waals surface area contributed by atoms with Crippen LogP contribution in [0.3, 0.4) is 0 Å². The molecule has 3 saturated heterocycles. The van der Waals surface area contributed by atoms with Gasteiger partial charge in [-0.05, 0) is 41.4 Å². The molecule has 3 fully saturated rings. The highest BCUT2D eigenvalue weighted by Crippen LogP contribution is 2.43. The van der Waals surface area contributed by atoms with Gasteiger partial charge in [0, 0.05) is 5.56 Å². The van der Waals surface area contributed by atoms with Gasteiger partial charge in [0.1, 0.15) is 48.8 Å². The summed E-state index contributed by atoms with van der Waals surface area (Å²) in [5, 5.41) is 12.2. The van der Waals surface area contributed by atoms with E-state index in [1.165, 1.54) is 12.1 Å². The molecular weight excluding hydrogens is 802 g/mol. The van der Waals surface area contributed by atoms with Crippen molar-refractivity contribution in [3.05, 3.63) is 143 Å². The first kappa shape index (κ1) is 43.5. The van der Waals surface area contributed by atoms with Crippen LogP contribution >= 0.6 is 0 Å². The van der Waals surface area contributed by atoms with Crippen molar-refractivity contribution in [2.45, 2.75) is 120 Å². The van der Waals surface area contributed by atoms with E-state index in [0.717, 1.165) is 21.6 Å². The molecule has 0 unspecified atom stereocenters. The topological polar surface area (TPSA) is 131 Å². The number of aliphatic hydroxyl groups excluding tert-OH is 1. The molecule has 324 valence electrons. The van der Waals surface area contributed by atoms with E-state index >= 15 is 4.39 Å². The maximum atomic E-state index is 16.9. The fourth-order valence-electron chi connectivity index (χ4n) is 8.01. The monoisotopic (exact) mass is 855 g/mol. The van der Waals surface area contributed by atoms with E-state index < -0.39 is 87.8 Å². The molecule has 0 saturated carbocycles. The summed E-state index contributed by atoms with van der Waals surface area (Å²) in [5.74, 6) is -1.38. The number of ether oxygens (including phenoxy) is 7. The summed E-state index contributed by atoms with van der Waals surface area (Å²) < 4.78 is 68.9. The largest absolute Gasteiger partial charge is 0.408 e. The number of alkyl halides is 1. The lowest BCUT2D eigenvalue weighted by Gasteiger charge is -2.52. The van der Waals surface area contributed by atoms with Crippen molar-refractivity contribution in [2.24, 2.45) is 0 Å². The van der Waals surface area contributed by atoms with Crippen molar-refractivity contribution in [1.82, 2.24) is 4.90 Å². The highest BCUT2D eigenvalue weighted by molar-refractivity contribution is 6.74. The predicted octanol–water partition coefficient (Wildman–Crippen LogP) is 7.12. The summed E-state index contributed by atoms with van der Waals surface area (Å²) in [4.78, 5) is 28.9. The van der Waals surface area contributed by atoms with Gasteiger partial charge in [-0.15, -0.1) is 0 Å². The summed E-state index contributed by atoms with van der Waals surface area (Å²) in [6, 6.07) is 33.0. The standard InChI is InChI=1S/C47H54FNO11Si/c1-47(2,3)61(4,5)60-41-37(50)46(57-35-28-55-45(58-39(35)41)31-21-13-8-14-22-31)59-38-34(27-53-25-29-17-9-6-10-18-29)56-42(48)36(40(38)54-26-30-19-11-7-12-20-30)49-43(51)32-23-15-16-24-33(32)44(49)52/h6-24,34-42,45-46,50H,25-28H2,1-5H3/t34-,35-,36-,37+,38-,39-,40-,41-,42-,45-,46+/m1/s1. The van der Waals surface area contributed by atoms with E-state index in [0.29, 0.717) is 0 Å². The molecule has 0 spiro atoms. The molecular formula is C47H54FNO11Si. The van der Waals surface area contributed by atoms with Crippen LogP contribution in [0.1, 0.15) is 64.5 Å². The molecule has 12 nitrogen and oxygen atoms in total. The Hall–Kier alpha value is -4.19. The lowest BCUT2D eigenvalue weighted by Crippen LogP contribution is -2.69. The van der Waals surface area contributed by atoms with Gasteiger partial charge in [-0.2, -0.15) is 0 Å². The first-order valence-electron chi connectivity index (χ1n) is 20.8. The van der Waals surface area contributed by atoms with Crippen molar-refractivity contribution in [3.8, 4) is 0 Å². The van der Waals surface area contributed by atoms with Crippen LogP contribution in [-0.4, -0.2) is 105 Å². The van der Waals surface area contributed by atoms with E-state index in [9.17, 15) is 14.7 Å². The van der Waals surface area contributed by atoms with E-state index in [-0.39, 0.29) is 42.6 Å². The zero-order valence-corrected chi connectivity index (χ0v) is 36.0. The minimum Gasteiger partial charge on any atom is -0.408 e. The number of rotatable bonds is 13. The molecule has 14 heteroatoms. The third kappa shape index (κ3) is 9.16. The average molecular weight is 856 g/mol. The Labute approximate surface area is 356 Å². The Bertz CT molecular complexity index is 2070. The number of carbonyl (C=O) groups excluding carboxylic acids is 2. The van der Waals surface area contributed by atoms with Gasteiger partial charge in [-0.25, -0.2) is 4.39 Å². The molecule has 0 aliphatic carbocycles. The maximum absolute atomic E-state index is 16.9. The van der Waals surface area contributed by atoms with Crippen LogP contribution < -0.4 is 0 Å². The maximum Gasteiger partial charge on any atom is 0.262 e. The third-order valence-corrected chi connectivity index (χ3v) is 16.8. The average Bonchev–Trinajstić information content (AvgIpc) is 3.51. The van der Waals surface area contributed by atoms with E-state index in [4.69, 9.17) is 37.6 Å². The number of halogens is 1. The molecule has 4 aliphatic heterocycles. The lowest BCUT2D eigenvalue weighted by atomic mass is 9.94. The van der Waals surface area contributed by atoms with Gasteiger partial charge >= 0.3 is 0 Å². The quantitative estimate of drug-likeness (QED) is 0.109. The number of hydrogen-bond acceptors (Lipinski definition) is 11. The molecule has 11 atom stereocenters. The van der Waals surface area contributed by atoms with Crippen LogP contribution in [0.4, 0.5) is 4.39 Å².